The van der Waals surface area contributed by atoms with Crippen molar-refractivity contribution in [1.82, 2.24) is 5.32 Å². The third-order valence-corrected chi connectivity index (χ3v) is 3.67. The number of ether oxygens (including phenoxy) is 1. The molecule has 0 saturated heterocycles. The average Bonchev–Trinajstić information content (AvgIpc) is 2.37. The zero-order valence-corrected chi connectivity index (χ0v) is 11.5. The van der Waals surface area contributed by atoms with Crippen molar-refractivity contribution in [2.24, 2.45) is 5.92 Å². The SMILES string of the molecule is CCCNC[C@@H](O)CO[C@@H]1CCCC[C@@H]1CC. The van der Waals surface area contributed by atoms with E-state index in [0.29, 0.717) is 25.2 Å². The van der Waals surface area contributed by atoms with Gasteiger partial charge in [0.1, 0.15) is 0 Å². The first-order chi connectivity index (χ1) is 8.27. The fourth-order valence-corrected chi connectivity index (χ4v) is 2.60. The van der Waals surface area contributed by atoms with E-state index in [2.05, 4.69) is 19.2 Å². The van der Waals surface area contributed by atoms with Crippen LogP contribution in [0.1, 0.15) is 52.4 Å². The van der Waals surface area contributed by atoms with Gasteiger partial charge >= 0.3 is 0 Å². The lowest BCUT2D eigenvalue weighted by atomic mass is 9.85. The topological polar surface area (TPSA) is 41.5 Å². The second-order valence-corrected chi connectivity index (χ2v) is 5.18. The van der Waals surface area contributed by atoms with Crippen molar-refractivity contribution < 1.29 is 9.84 Å². The highest BCUT2D eigenvalue weighted by Crippen LogP contribution is 2.29. The van der Waals surface area contributed by atoms with Crippen LogP contribution in [0.4, 0.5) is 0 Å². The van der Waals surface area contributed by atoms with Gasteiger partial charge in [-0.1, -0.05) is 33.1 Å². The number of rotatable bonds is 8. The summed E-state index contributed by atoms with van der Waals surface area (Å²) in [6.45, 7) is 6.47. The predicted octanol–water partition coefficient (Wildman–Crippen LogP) is 2.33. The fraction of sp³-hybridized carbons (Fsp3) is 1.00. The molecule has 0 unspecified atom stereocenters. The molecule has 0 spiro atoms. The van der Waals surface area contributed by atoms with E-state index in [9.17, 15) is 5.11 Å². The summed E-state index contributed by atoms with van der Waals surface area (Å²) in [7, 11) is 0. The Morgan fingerprint density at radius 3 is 2.76 bits per heavy atom. The Balaban J connectivity index is 2.14. The molecule has 0 aromatic carbocycles. The minimum Gasteiger partial charge on any atom is -0.389 e. The molecule has 1 saturated carbocycles. The molecule has 3 heteroatoms. The molecule has 3 atom stereocenters. The summed E-state index contributed by atoms with van der Waals surface area (Å²) in [6, 6.07) is 0. The minimum atomic E-state index is -0.360. The molecular weight excluding hydrogens is 214 g/mol. The summed E-state index contributed by atoms with van der Waals surface area (Å²) in [4.78, 5) is 0. The standard InChI is InChI=1S/C14H29NO2/c1-3-9-15-10-13(16)11-17-14-8-6-5-7-12(14)4-2/h12-16H,3-11H2,1-2H3/t12-,13+,14+/m0/s1. The van der Waals surface area contributed by atoms with Crippen LogP contribution in [0.2, 0.25) is 0 Å². The summed E-state index contributed by atoms with van der Waals surface area (Å²) < 4.78 is 5.89. The quantitative estimate of drug-likeness (QED) is 0.643. The highest BCUT2D eigenvalue weighted by atomic mass is 16.5. The third-order valence-electron chi connectivity index (χ3n) is 3.67. The van der Waals surface area contributed by atoms with Crippen LogP contribution in [0.15, 0.2) is 0 Å². The third kappa shape index (κ3) is 5.84. The normalized spacial score (nSPS) is 27.0. The van der Waals surface area contributed by atoms with Gasteiger partial charge in [0.15, 0.2) is 0 Å². The molecule has 1 aliphatic carbocycles. The summed E-state index contributed by atoms with van der Waals surface area (Å²) in [5, 5.41) is 13.0. The van der Waals surface area contributed by atoms with Crippen LogP contribution in [0, 0.1) is 5.92 Å². The molecule has 0 radical (unpaired) electrons. The van der Waals surface area contributed by atoms with Crippen LogP contribution in [0.3, 0.4) is 0 Å². The van der Waals surface area contributed by atoms with Crippen LogP contribution in [-0.4, -0.2) is 37.0 Å². The fourth-order valence-electron chi connectivity index (χ4n) is 2.60. The Bertz CT molecular complexity index is 187. The number of aliphatic hydroxyl groups excluding tert-OH is 1. The second kappa shape index (κ2) is 8.90. The molecule has 1 aliphatic rings. The second-order valence-electron chi connectivity index (χ2n) is 5.18. The number of aliphatic hydroxyl groups is 1. The molecule has 17 heavy (non-hydrogen) atoms. The summed E-state index contributed by atoms with van der Waals surface area (Å²) in [5.41, 5.74) is 0. The molecule has 0 aromatic rings. The van der Waals surface area contributed by atoms with Gasteiger partial charge in [0, 0.05) is 6.54 Å². The van der Waals surface area contributed by atoms with Crippen LogP contribution in [0.25, 0.3) is 0 Å². The van der Waals surface area contributed by atoms with E-state index in [-0.39, 0.29) is 6.10 Å². The van der Waals surface area contributed by atoms with Crippen molar-refractivity contribution in [3.63, 3.8) is 0 Å². The van der Waals surface area contributed by atoms with Gasteiger partial charge in [-0.3, -0.25) is 0 Å². The van der Waals surface area contributed by atoms with Crippen molar-refractivity contribution in [2.45, 2.75) is 64.6 Å². The molecule has 3 nitrogen and oxygen atoms in total. The lowest BCUT2D eigenvalue weighted by Crippen LogP contribution is -2.35. The van der Waals surface area contributed by atoms with Crippen molar-refractivity contribution in [1.29, 1.82) is 0 Å². The molecule has 1 rings (SSSR count). The van der Waals surface area contributed by atoms with Gasteiger partial charge in [-0.05, 0) is 31.7 Å². The van der Waals surface area contributed by atoms with Gasteiger partial charge in [0.2, 0.25) is 0 Å². The molecule has 0 bridgehead atoms. The first-order valence-electron chi connectivity index (χ1n) is 7.28. The number of hydrogen-bond donors (Lipinski definition) is 2. The number of nitrogens with one attached hydrogen (secondary N) is 1. The molecule has 0 heterocycles. The van der Waals surface area contributed by atoms with Gasteiger partial charge in [-0.15, -0.1) is 0 Å². The maximum absolute atomic E-state index is 9.78. The highest BCUT2D eigenvalue weighted by molar-refractivity contribution is 4.75. The van der Waals surface area contributed by atoms with E-state index in [1.165, 1.54) is 32.1 Å². The van der Waals surface area contributed by atoms with Crippen molar-refractivity contribution in [3.05, 3.63) is 0 Å². The zero-order valence-electron chi connectivity index (χ0n) is 11.5. The van der Waals surface area contributed by atoms with E-state index in [1.54, 1.807) is 0 Å². The van der Waals surface area contributed by atoms with Crippen molar-refractivity contribution in [2.75, 3.05) is 19.7 Å². The molecule has 0 aromatic heterocycles. The lowest BCUT2D eigenvalue weighted by molar-refractivity contribution is -0.0498. The van der Waals surface area contributed by atoms with E-state index >= 15 is 0 Å². The molecular formula is C14H29NO2. The maximum atomic E-state index is 9.78. The Kier molecular flexibility index (Phi) is 7.82. The maximum Gasteiger partial charge on any atom is 0.0897 e. The first-order valence-corrected chi connectivity index (χ1v) is 7.28. The van der Waals surface area contributed by atoms with Crippen molar-refractivity contribution >= 4 is 0 Å². The summed E-state index contributed by atoms with van der Waals surface area (Å²) in [5.74, 6) is 0.708. The first kappa shape index (κ1) is 14.9. The van der Waals surface area contributed by atoms with Gasteiger partial charge in [-0.2, -0.15) is 0 Å². The van der Waals surface area contributed by atoms with E-state index < -0.39 is 0 Å². The highest BCUT2D eigenvalue weighted by Gasteiger charge is 2.24. The minimum absolute atomic E-state index is 0.360. The van der Waals surface area contributed by atoms with Crippen molar-refractivity contribution in [3.8, 4) is 0 Å². The van der Waals surface area contributed by atoms with Gasteiger partial charge in [0.25, 0.3) is 0 Å². The Morgan fingerprint density at radius 2 is 2.06 bits per heavy atom. The Labute approximate surface area is 106 Å². The molecule has 102 valence electrons. The predicted molar refractivity (Wildman–Crippen MR) is 71.2 cm³/mol. The van der Waals surface area contributed by atoms with Crippen LogP contribution in [0.5, 0.6) is 0 Å². The zero-order chi connectivity index (χ0) is 12.5. The average molecular weight is 243 g/mol. The molecule has 1 fully saturated rings. The van der Waals surface area contributed by atoms with Crippen LogP contribution >= 0.6 is 0 Å². The Hall–Kier alpha value is -0.120. The largest absolute Gasteiger partial charge is 0.389 e. The number of hydrogen-bond acceptors (Lipinski definition) is 3. The summed E-state index contributed by atoms with van der Waals surface area (Å²) in [6.07, 6.45) is 7.43. The van der Waals surface area contributed by atoms with Gasteiger partial charge in [0.05, 0.1) is 18.8 Å². The lowest BCUT2D eigenvalue weighted by Gasteiger charge is -2.31. The smallest absolute Gasteiger partial charge is 0.0897 e. The molecule has 0 amide bonds. The van der Waals surface area contributed by atoms with E-state index in [0.717, 1.165) is 13.0 Å². The van der Waals surface area contributed by atoms with Crippen LogP contribution < -0.4 is 5.32 Å². The van der Waals surface area contributed by atoms with E-state index in [4.69, 9.17) is 4.74 Å². The monoisotopic (exact) mass is 243 g/mol. The van der Waals surface area contributed by atoms with Gasteiger partial charge in [-0.25, -0.2) is 0 Å². The summed E-state index contributed by atoms with van der Waals surface area (Å²) >= 11 is 0. The molecule has 2 N–H and O–H groups in total. The van der Waals surface area contributed by atoms with Crippen LogP contribution in [-0.2, 0) is 4.74 Å². The van der Waals surface area contributed by atoms with Gasteiger partial charge < -0.3 is 15.2 Å². The molecule has 0 aliphatic heterocycles. The van der Waals surface area contributed by atoms with E-state index in [1.807, 2.05) is 0 Å². The Morgan fingerprint density at radius 1 is 1.29 bits per heavy atom.